The smallest absolute Gasteiger partial charge is 0.277 e. The van der Waals surface area contributed by atoms with E-state index in [9.17, 15) is 4.79 Å². The molecule has 0 unspecified atom stereocenters. The van der Waals surface area contributed by atoms with Gasteiger partial charge in [-0.2, -0.15) is 5.10 Å². The third-order valence-corrected chi connectivity index (χ3v) is 5.02. The lowest BCUT2D eigenvalue weighted by molar-refractivity contribution is 0.102. The molecule has 3 rings (SSSR count). The number of ether oxygens (including phenoxy) is 1. The standard InChI is InChI=1S/C19H22N4O2S/c1-12(2)15-5-7-16(8-6-15)25-11-23-10-9-17(22-23)18(24)21-19-20-13(3)14(4)26-19/h5-10,12H,11H2,1-4H3,(H,20,21,24). The van der Waals surface area contributed by atoms with Crippen LogP contribution in [0.25, 0.3) is 0 Å². The van der Waals surface area contributed by atoms with Gasteiger partial charge >= 0.3 is 0 Å². The predicted octanol–water partition coefficient (Wildman–Crippen LogP) is 4.37. The Kier molecular flexibility index (Phi) is 5.37. The summed E-state index contributed by atoms with van der Waals surface area (Å²) in [7, 11) is 0. The molecule has 0 aliphatic rings. The number of amides is 1. The van der Waals surface area contributed by atoms with Gasteiger partial charge in [-0.3, -0.25) is 10.1 Å². The van der Waals surface area contributed by atoms with Crippen molar-refractivity contribution in [3.05, 3.63) is 58.4 Å². The normalized spacial score (nSPS) is 11.0. The van der Waals surface area contributed by atoms with Gasteiger partial charge in [0.2, 0.25) is 0 Å². The molecule has 0 fully saturated rings. The number of carbonyl (C=O) groups excluding carboxylic acids is 1. The minimum Gasteiger partial charge on any atom is -0.471 e. The maximum Gasteiger partial charge on any atom is 0.277 e. The highest BCUT2D eigenvalue weighted by Gasteiger charge is 2.13. The van der Waals surface area contributed by atoms with Gasteiger partial charge in [0, 0.05) is 11.1 Å². The third-order valence-electron chi connectivity index (χ3n) is 4.03. The van der Waals surface area contributed by atoms with Crippen molar-refractivity contribution in [3.63, 3.8) is 0 Å². The predicted molar refractivity (Wildman–Crippen MR) is 103 cm³/mol. The molecule has 0 bridgehead atoms. The van der Waals surface area contributed by atoms with Gasteiger partial charge in [-0.25, -0.2) is 9.67 Å². The molecule has 0 saturated heterocycles. The number of aromatic nitrogens is 3. The van der Waals surface area contributed by atoms with Gasteiger partial charge in [0.15, 0.2) is 17.6 Å². The summed E-state index contributed by atoms with van der Waals surface area (Å²) in [6.07, 6.45) is 1.72. The minimum atomic E-state index is -0.279. The minimum absolute atomic E-state index is 0.240. The van der Waals surface area contributed by atoms with E-state index in [1.165, 1.54) is 16.9 Å². The van der Waals surface area contributed by atoms with Gasteiger partial charge < -0.3 is 4.74 Å². The summed E-state index contributed by atoms with van der Waals surface area (Å²) < 4.78 is 7.30. The average Bonchev–Trinajstić information content (AvgIpc) is 3.20. The lowest BCUT2D eigenvalue weighted by atomic mass is 10.0. The highest BCUT2D eigenvalue weighted by atomic mass is 32.1. The van der Waals surface area contributed by atoms with E-state index in [4.69, 9.17) is 4.74 Å². The monoisotopic (exact) mass is 370 g/mol. The third kappa shape index (κ3) is 4.29. The highest BCUT2D eigenvalue weighted by Crippen LogP contribution is 2.21. The molecule has 0 spiro atoms. The maximum absolute atomic E-state index is 12.3. The van der Waals surface area contributed by atoms with Crippen LogP contribution in [-0.2, 0) is 6.73 Å². The molecular formula is C19H22N4O2S. The fourth-order valence-electron chi connectivity index (χ4n) is 2.33. The van der Waals surface area contributed by atoms with Crippen molar-refractivity contribution in [2.24, 2.45) is 0 Å². The summed E-state index contributed by atoms with van der Waals surface area (Å²) in [5, 5.41) is 7.61. The number of nitrogens with one attached hydrogen (secondary N) is 1. The molecule has 1 N–H and O–H groups in total. The van der Waals surface area contributed by atoms with Gasteiger partial charge in [0.05, 0.1) is 5.69 Å². The molecule has 3 aromatic rings. The van der Waals surface area contributed by atoms with Crippen LogP contribution in [0.5, 0.6) is 5.75 Å². The van der Waals surface area contributed by atoms with Crippen molar-refractivity contribution in [3.8, 4) is 5.75 Å². The van der Waals surface area contributed by atoms with E-state index in [1.807, 2.05) is 26.0 Å². The molecule has 2 aromatic heterocycles. The van der Waals surface area contributed by atoms with Crippen molar-refractivity contribution in [2.45, 2.75) is 40.3 Å². The van der Waals surface area contributed by atoms with Gasteiger partial charge in [0.1, 0.15) is 5.75 Å². The van der Waals surface area contributed by atoms with Crippen molar-refractivity contribution in [1.29, 1.82) is 0 Å². The zero-order valence-electron chi connectivity index (χ0n) is 15.3. The quantitative estimate of drug-likeness (QED) is 0.699. The summed E-state index contributed by atoms with van der Waals surface area (Å²) in [6, 6.07) is 9.66. The first kappa shape index (κ1) is 18.1. The van der Waals surface area contributed by atoms with Crippen molar-refractivity contribution < 1.29 is 9.53 Å². The molecule has 26 heavy (non-hydrogen) atoms. The van der Waals surface area contributed by atoms with Crippen molar-refractivity contribution in [2.75, 3.05) is 5.32 Å². The lowest BCUT2D eigenvalue weighted by Gasteiger charge is -2.09. The number of benzene rings is 1. The van der Waals surface area contributed by atoms with E-state index in [1.54, 1.807) is 16.9 Å². The van der Waals surface area contributed by atoms with Gasteiger partial charge in [-0.1, -0.05) is 26.0 Å². The molecular weight excluding hydrogens is 348 g/mol. The molecule has 7 heteroatoms. The summed E-state index contributed by atoms with van der Waals surface area (Å²) >= 11 is 1.45. The van der Waals surface area contributed by atoms with Crippen LogP contribution in [-0.4, -0.2) is 20.7 Å². The largest absolute Gasteiger partial charge is 0.471 e. The second-order valence-corrected chi connectivity index (χ2v) is 7.56. The van der Waals surface area contributed by atoms with E-state index in [0.717, 1.165) is 16.3 Å². The van der Waals surface area contributed by atoms with Crippen LogP contribution in [0.4, 0.5) is 5.13 Å². The maximum atomic E-state index is 12.3. The van der Waals surface area contributed by atoms with E-state index in [0.29, 0.717) is 16.7 Å². The molecule has 0 saturated carbocycles. The SMILES string of the molecule is Cc1nc(NC(=O)c2ccn(COc3ccc(C(C)C)cc3)n2)sc1C. The van der Waals surface area contributed by atoms with Crippen molar-refractivity contribution in [1.82, 2.24) is 14.8 Å². The summed E-state index contributed by atoms with van der Waals surface area (Å²) in [5.74, 6) is 0.977. The van der Waals surface area contributed by atoms with Crippen molar-refractivity contribution >= 4 is 22.4 Å². The summed E-state index contributed by atoms with van der Waals surface area (Å²) in [5.41, 5.74) is 2.52. The Bertz CT molecular complexity index is 877. The molecule has 0 aliphatic heterocycles. The number of hydrogen-bond donors (Lipinski definition) is 1. The number of nitrogens with zero attached hydrogens (tertiary/aromatic N) is 3. The molecule has 1 amide bonds. The highest BCUT2D eigenvalue weighted by molar-refractivity contribution is 7.15. The average molecular weight is 370 g/mol. The molecule has 0 atom stereocenters. The molecule has 1 aromatic carbocycles. The van der Waals surface area contributed by atoms with Gasteiger partial charge in [-0.15, -0.1) is 11.3 Å². The van der Waals surface area contributed by atoms with Crippen LogP contribution in [0.15, 0.2) is 36.5 Å². The molecule has 0 aliphatic carbocycles. The fraction of sp³-hybridized carbons (Fsp3) is 0.316. The van der Waals surface area contributed by atoms with Gasteiger partial charge in [0.25, 0.3) is 5.91 Å². The van der Waals surface area contributed by atoms with Crippen LogP contribution in [0.3, 0.4) is 0 Å². The van der Waals surface area contributed by atoms with Crippen LogP contribution in [0, 0.1) is 13.8 Å². The Balaban J connectivity index is 1.57. The topological polar surface area (TPSA) is 69.0 Å². The molecule has 2 heterocycles. The number of carbonyl (C=O) groups is 1. The Morgan fingerprint density at radius 1 is 1.23 bits per heavy atom. The Hall–Kier alpha value is -2.67. The first-order valence-electron chi connectivity index (χ1n) is 8.44. The Morgan fingerprint density at radius 2 is 1.96 bits per heavy atom. The summed E-state index contributed by atoms with van der Waals surface area (Å²) in [6.45, 7) is 8.44. The Labute approximate surface area is 156 Å². The fourth-order valence-corrected chi connectivity index (χ4v) is 3.14. The van der Waals surface area contributed by atoms with Crippen LogP contribution in [0.2, 0.25) is 0 Å². The number of rotatable bonds is 6. The second kappa shape index (κ2) is 7.70. The molecule has 0 radical (unpaired) electrons. The molecule has 6 nitrogen and oxygen atoms in total. The van der Waals surface area contributed by atoms with Crippen LogP contribution < -0.4 is 10.1 Å². The van der Waals surface area contributed by atoms with E-state index in [2.05, 4.69) is 41.4 Å². The van der Waals surface area contributed by atoms with Crippen LogP contribution >= 0.6 is 11.3 Å². The Morgan fingerprint density at radius 3 is 2.58 bits per heavy atom. The summed E-state index contributed by atoms with van der Waals surface area (Å²) in [4.78, 5) is 17.7. The molecule has 136 valence electrons. The zero-order chi connectivity index (χ0) is 18.7. The van der Waals surface area contributed by atoms with Crippen LogP contribution in [0.1, 0.15) is 46.4 Å². The second-order valence-electron chi connectivity index (χ2n) is 6.35. The number of hydrogen-bond acceptors (Lipinski definition) is 5. The zero-order valence-corrected chi connectivity index (χ0v) is 16.1. The number of aryl methyl sites for hydroxylation is 2. The van der Waals surface area contributed by atoms with E-state index >= 15 is 0 Å². The lowest BCUT2D eigenvalue weighted by Crippen LogP contribution is -2.14. The number of thiazole rings is 1. The van der Waals surface area contributed by atoms with Gasteiger partial charge in [-0.05, 0) is 43.5 Å². The van der Waals surface area contributed by atoms with E-state index in [-0.39, 0.29) is 12.6 Å². The number of anilines is 1. The first-order valence-corrected chi connectivity index (χ1v) is 9.25. The van der Waals surface area contributed by atoms with E-state index < -0.39 is 0 Å². The first-order chi connectivity index (χ1) is 12.4.